The lowest BCUT2D eigenvalue weighted by Gasteiger charge is -2.26. The molecule has 0 saturated heterocycles. The van der Waals surface area contributed by atoms with Gasteiger partial charge in [0, 0.05) is 12.6 Å². The summed E-state index contributed by atoms with van der Waals surface area (Å²) >= 11 is 0. The Morgan fingerprint density at radius 3 is 2.15 bits per heavy atom. The second kappa shape index (κ2) is 6.69. The largest absolute Gasteiger partial charge is 0.384 e. The molecular formula is C18H23NO. The molecule has 0 aliphatic carbocycles. The number of rotatable bonds is 6. The number of hydrogen-bond donors (Lipinski definition) is 2. The summed E-state index contributed by atoms with van der Waals surface area (Å²) in [4.78, 5) is 0. The van der Waals surface area contributed by atoms with E-state index in [1.54, 1.807) is 0 Å². The van der Waals surface area contributed by atoms with Gasteiger partial charge in [-0.2, -0.15) is 0 Å². The molecule has 0 heterocycles. The monoisotopic (exact) mass is 269 g/mol. The Morgan fingerprint density at radius 2 is 1.55 bits per heavy atom. The molecule has 0 amide bonds. The lowest BCUT2D eigenvalue weighted by Crippen LogP contribution is -2.40. The molecule has 0 aliphatic heterocycles. The van der Waals surface area contributed by atoms with Crippen LogP contribution in [0.2, 0.25) is 0 Å². The van der Waals surface area contributed by atoms with Crippen LogP contribution in [0, 0.1) is 0 Å². The Morgan fingerprint density at radius 1 is 1.00 bits per heavy atom. The molecule has 20 heavy (non-hydrogen) atoms. The van der Waals surface area contributed by atoms with Crippen molar-refractivity contribution in [1.29, 1.82) is 0 Å². The molecule has 0 spiro atoms. The summed E-state index contributed by atoms with van der Waals surface area (Å²) in [5.74, 6) is 0. The number of nitrogens with one attached hydrogen (secondary N) is 1. The molecule has 2 rings (SSSR count). The van der Waals surface area contributed by atoms with Gasteiger partial charge in [-0.25, -0.2) is 0 Å². The van der Waals surface area contributed by atoms with E-state index in [1.165, 1.54) is 5.56 Å². The van der Waals surface area contributed by atoms with Crippen molar-refractivity contribution in [2.24, 2.45) is 0 Å². The van der Waals surface area contributed by atoms with Crippen LogP contribution in [-0.2, 0) is 12.0 Å². The summed E-state index contributed by atoms with van der Waals surface area (Å²) in [5, 5.41) is 14.0. The molecule has 2 heteroatoms. The highest BCUT2D eigenvalue weighted by molar-refractivity contribution is 5.22. The fraction of sp³-hybridized carbons (Fsp3) is 0.333. The molecule has 0 bridgehead atoms. The number of hydrogen-bond acceptors (Lipinski definition) is 2. The standard InChI is InChI=1S/C18H23NO/c1-15(13-16-9-5-3-6-10-16)19-14-18(2,20)17-11-7-4-8-12-17/h3-12,15,19-20H,13-14H2,1-2H3/t15-,18-/m1/s1. The minimum absolute atomic E-state index is 0.326. The Bertz CT molecular complexity index is 507. The Labute approximate surface area is 121 Å². The summed E-state index contributed by atoms with van der Waals surface area (Å²) in [6.07, 6.45) is 0.964. The third-order valence-electron chi connectivity index (χ3n) is 3.58. The van der Waals surface area contributed by atoms with Gasteiger partial charge in [0.2, 0.25) is 0 Å². The van der Waals surface area contributed by atoms with Crippen LogP contribution in [0.15, 0.2) is 60.7 Å². The molecule has 0 radical (unpaired) electrons. The van der Waals surface area contributed by atoms with E-state index >= 15 is 0 Å². The van der Waals surface area contributed by atoms with Gasteiger partial charge in [-0.3, -0.25) is 0 Å². The van der Waals surface area contributed by atoms with E-state index in [0.29, 0.717) is 12.6 Å². The molecule has 0 aliphatic rings. The van der Waals surface area contributed by atoms with Crippen molar-refractivity contribution in [3.8, 4) is 0 Å². The summed E-state index contributed by atoms with van der Waals surface area (Å²) in [6, 6.07) is 20.5. The molecular weight excluding hydrogens is 246 g/mol. The van der Waals surface area contributed by atoms with Crippen LogP contribution < -0.4 is 5.32 Å². The van der Waals surface area contributed by atoms with E-state index in [0.717, 1.165) is 12.0 Å². The molecule has 2 atom stereocenters. The van der Waals surface area contributed by atoms with Crippen LogP contribution in [0.1, 0.15) is 25.0 Å². The van der Waals surface area contributed by atoms with E-state index < -0.39 is 5.60 Å². The van der Waals surface area contributed by atoms with Gasteiger partial charge in [-0.15, -0.1) is 0 Å². The first-order valence-corrected chi connectivity index (χ1v) is 7.13. The second-order valence-corrected chi connectivity index (χ2v) is 5.61. The van der Waals surface area contributed by atoms with E-state index in [-0.39, 0.29) is 0 Å². The third kappa shape index (κ3) is 4.19. The van der Waals surface area contributed by atoms with E-state index in [2.05, 4.69) is 36.5 Å². The predicted octanol–water partition coefficient (Wildman–Crippen LogP) is 3.11. The van der Waals surface area contributed by atoms with Crippen LogP contribution in [0.3, 0.4) is 0 Å². The predicted molar refractivity (Wildman–Crippen MR) is 83.6 cm³/mol. The third-order valence-corrected chi connectivity index (χ3v) is 3.58. The first-order chi connectivity index (χ1) is 9.58. The Kier molecular flexibility index (Phi) is 4.94. The van der Waals surface area contributed by atoms with Crippen molar-refractivity contribution in [2.45, 2.75) is 31.9 Å². The highest BCUT2D eigenvalue weighted by Gasteiger charge is 2.22. The summed E-state index contributed by atoms with van der Waals surface area (Å²) in [7, 11) is 0. The normalized spacial score (nSPS) is 15.6. The minimum atomic E-state index is -0.841. The van der Waals surface area contributed by atoms with Crippen molar-refractivity contribution in [3.63, 3.8) is 0 Å². The molecule has 2 aromatic rings. The zero-order valence-electron chi connectivity index (χ0n) is 12.2. The quantitative estimate of drug-likeness (QED) is 0.844. The molecule has 0 unspecified atom stereocenters. The van der Waals surface area contributed by atoms with Crippen LogP contribution in [-0.4, -0.2) is 17.7 Å². The van der Waals surface area contributed by atoms with Gasteiger partial charge < -0.3 is 10.4 Å². The SMILES string of the molecule is C[C@H](Cc1ccccc1)NC[C@@](C)(O)c1ccccc1. The smallest absolute Gasteiger partial charge is 0.0992 e. The average Bonchev–Trinajstić information content (AvgIpc) is 2.47. The number of aliphatic hydroxyl groups is 1. The maximum absolute atomic E-state index is 10.5. The fourth-order valence-corrected chi connectivity index (χ4v) is 2.31. The lowest BCUT2D eigenvalue weighted by molar-refractivity contribution is 0.0544. The molecule has 2 aromatic carbocycles. The van der Waals surface area contributed by atoms with Crippen molar-refractivity contribution in [3.05, 3.63) is 71.8 Å². The zero-order valence-corrected chi connectivity index (χ0v) is 12.2. The van der Waals surface area contributed by atoms with Crippen LogP contribution in [0.5, 0.6) is 0 Å². The minimum Gasteiger partial charge on any atom is -0.384 e. The first kappa shape index (κ1) is 14.8. The maximum Gasteiger partial charge on any atom is 0.0992 e. The lowest BCUT2D eigenvalue weighted by atomic mass is 9.95. The highest BCUT2D eigenvalue weighted by Crippen LogP contribution is 2.19. The van der Waals surface area contributed by atoms with E-state index in [1.807, 2.05) is 43.3 Å². The van der Waals surface area contributed by atoms with E-state index in [4.69, 9.17) is 0 Å². The summed E-state index contributed by atoms with van der Waals surface area (Å²) < 4.78 is 0. The zero-order chi connectivity index (χ0) is 14.4. The van der Waals surface area contributed by atoms with Crippen molar-refractivity contribution in [2.75, 3.05) is 6.54 Å². The molecule has 0 aromatic heterocycles. The summed E-state index contributed by atoms with van der Waals surface area (Å²) in [5.41, 5.74) is 1.41. The second-order valence-electron chi connectivity index (χ2n) is 5.61. The number of benzene rings is 2. The molecule has 0 saturated carbocycles. The van der Waals surface area contributed by atoms with Gasteiger partial charge in [-0.1, -0.05) is 60.7 Å². The maximum atomic E-state index is 10.5. The van der Waals surface area contributed by atoms with Gasteiger partial charge in [0.15, 0.2) is 0 Å². The van der Waals surface area contributed by atoms with Crippen molar-refractivity contribution >= 4 is 0 Å². The average molecular weight is 269 g/mol. The van der Waals surface area contributed by atoms with Gasteiger partial charge in [0.05, 0.1) is 5.60 Å². The highest BCUT2D eigenvalue weighted by atomic mass is 16.3. The summed E-state index contributed by atoms with van der Waals surface area (Å²) in [6.45, 7) is 4.55. The molecule has 0 fully saturated rings. The Balaban J connectivity index is 1.88. The molecule has 2 nitrogen and oxygen atoms in total. The van der Waals surface area contributed by atoms with Gasteiger partial charge >= 0.3 is 0 Å². The fourth-order valence-electron chi connectivity index (χ4n) is 2.31. The topological polar surface area (TPSA) is 32.3 Å². The van der Waals surface area contributed by atoms with Crippen molar-refractivity contribution in [1.82, 2.24) is 5.32 Å². The Hall–Kier alpha value is -1.64. The van der Waals surface area contributed by atoms with Gasteiger partial charge in [-0.05, 0) is 31.4 Å². The van der Waals surface area contributed by atoms with Crippen molar-refractivity contribution < 1.29 is 5.11 Å². The van der Waals surface area contributed by atoms with Crippen LogP contribution >= 0.6 is 0 Å². The van der Waals surface area contributed by atoms with Crippen LogP contribution in [0.4, 0.5) is 0 Å². The van der Waals surface area contributed by atoms with Gasteiger partial charge in [0.1, 0.15) is 0 Å². The van der Waals surface area contributed by atoms with E-state index in [9.17, 15) is 5.11 Å². The van der Waals surface area contributed by atoms with Gasteiger partial charge in [0.25, 0.3) is 0 Å². The molecule has 106 valence electrons. The van der Waals surface area contributed by atoms with Crippen LogP contribution in [0.25, 0.3) is 0 Å². The molecule has 2 N–H and O–H groups in total. The first-order valence-electron chi connectivity index (χ1n) is 7.13.